The fourth-order valence-electron chi connectivity index (χ4n) is 1.70. The van der Waals surface area contributed by atoms with E-state index < -0.39 is 32.6 Å². The van der Waals surface area contributed by atoms with Gasteiger partial charge in [0.25, 0.3) is 5.91 Å². The van der Waals surface area contributed by atoms with Crippen LogP contribution in [0.1, 0.15) is 23.2 Å². The molecule has 0 fully saturated rings. The van der Waals surface area contributed by atoms with Crippen LogP contribution in [-0.2, 0) is 9.13 Å². The van der Waals surface area contributed by atoms with Crippen LogP contribution in [0.2, 0.25) is 0 Å². The first kappa shape index (κ1) is 28.9. The van der Waals surface area contributed by atoms with Crippen LogP contribution in [0.15, 0.2) is 24.3 Å². The Bertz CT molecular complexity index is 658. The van der Waals surface area contributed by atoms with Crippen molar-refractivity contribution >= 4 is 43.7 Å². The van der Waals surface area contributed by atoms with E-state index in [-0.39, 0.29) is 72.1 Å². The van der Waals surface area contributed by atoms with Gasteiger partial charge in [-0.25, -0.2) is 0 Å². The Morgan fingerprint density at radius 3 is 2.16 bits per heavy atom. The first-order valence-corrected chi connectivity index (χ1v) is 10.5. The molecule has 0 radical (unpaired) electrons. The van der Waals surface area contributed by atoms with Crippen LogP contribution in [0, 0.1) is 3.57 Å². The number of carbonyl (C=O) groups is 1. The summed E-state index contributed by atoms with van der Waals surface area (Å²) in [4.78, 5) is 51.4. The smallest absolute Gasteiger partial charge is 0.776 e. The van der Waals surface area contributed by atoms with Crippen molar-refractivity contribution in [2.24, 2.45) is 0 Å². The molecule has 0 saturated heterocycles. The zero-order chi connectivity index (χ0) is 17.9. The van der Waals surface area contributed by atoms with Crippen molar-refractivity contribution in [1.29, 1.82) is 0 Å². The summed E-state index contributed by atoms with van der Waals surface area (Å²) in [6.45, 7) is -0.174. The number of benzene rings is 1. The number of hydrogen-bond acceptors (Lipinski definition) is 6. The van der Waals surface area contributed by atoms with Gasteiger partial charge in [0.2, 0.25) is 0 Å². The fraction of sp³-hybridized carbons (Fsp3) is 0.364. The second-order valence-corrected chi connectivity index (χ2v) is 9.84. The zero-order valence-electron chi connectivity index (χ0n) is 13.6. The third kappa shape index (κ3) is 8.29. The van der Waals surface area contributed by atoms with Gasteiger partial charge in [0.05, 0.1) is 0 Å². The van der Waals surface area contributed by atoms with Crippen molar-refractivity contribution in [3.8, 4) is 0 Å². The Labute approximate surface area is 202 Å². The fourth-order valence-corrected chi connectivity index (χ4v) is 4.40. The standard InChI is InChI=1S/C11H16INO8P2.2Na/c12-9-4-1-3-8(7-9)10(14)13-6-2-5-11(15,22(16,17)18)23(19,20)21;;/h1,3-4,7,15H,2,5-6H2,(H,13,14)(H2,16,17,18)(H2,19,20,21);;/q;2*+1/p-2. The molecular formula is C11H14INNa2O8P2. The van der Waals surface area contributed by atoms with Gasteiger partial charge in [-0.3, -0.25) is 4.79 Å². The summed E-state index contributed by atoms with van der Waals surface area (Å²) in [5, 5.41) is 8.27. The average molecular weight is 523 g/mol. The molecule has 1 rings (SSSR count). The Balaban J connectivity index is 0. The van der Waals surface area contributed by atoms with E-state index in [9.17, 15) is 28.8 Å². The summed E-state index contributed by atoms with van der Waals surface area (Å²) in [5.74, 6) is -0.476. The number of carbonyl (C=O) groups excluding carboxylic acids is 1. The van der Waals surface area contributed by atoms with E-state index in [1.54, 1.807) is 24.3 Å². The number of rotatable bonds is 7. The van der Waals surface area contributed by atoms with E-state index in [2.05, 4.69) is 5.32 Å². The topological polar surface area (TPSA) is 170 Å². The van der Waals surface area contributed by atoms with Gasteiger partial charge in [-0.15, -0.1) is 0 Å². The van der Waals surface area contributed by atoms with Crippen LogP contribution in [-0.4, -0.2) is 32.4 Å². The maximum absolute atomic E-state index is 11.8. The minimum atomic E-state index is -5.77. The minimum absolute atomic E-state index is 0. The van der Waals surface area contributed by atoms with Crippen LogP contribution in [0.4, 0.5) is 0 Å². The van der Waals surface area contributed by atoms with Gasteiger partial charge < -0.3 is 39.1 Å². The minimum Gasteiger partial charge on any atom is -0.776 e. The second-order valence-electron chi connectivity index (χ2n) is 4.68. The summed E-state index contributed by atoms with van der Waals surface area (Å²) in [6.07, 6.45) is -1.31. The van der Waals surface area contributed by atoms with Gasteiger partial charge in [0.1, 0.15) is 0 Å². The zero-order valence-corrected chi connectivity index (χ0v) is 21.5. The molecule has 0 heterocycles. The van der Waals surface area contributed by atoms with Gasteiger partial charge >= 0.3 is 59.1 Å². The molecule has 0 saturated carbocycles. The van der Waals surface area contributed by atoms with Crippen LogP contribution in [0.25, 0.3) is 0 Å². The molecule has 9 nitrogen and oxygen atoms in total. The molecule has 25 heavy (non-hydrogen) atoms. The molecule has 2 atom stereocenters. The molecule has 1 amide bonds. The summed E-state index contributed by atoms with van der Waals surface area (Å²) in [7, 11) is -11.5. The predicted octanol–water partition coefficient (Wildman–Crippen LogP) is -6.45. The Kier molecular flexibility index (Phi) is 13.4. The first-order chi connectivity index (χ1) is 10.4. The number of halogens is 1. The van der Waals surface area contributed by atoms with Gasteiger partial charge in [-0.2, -0.15) is 0 Å². The van der Waals surface area contributed by atoms with E-state index in [0.717, 1.165) is 3.57 Å². The summed E-state index contributed by atoms with van der Waals surface area (Å²) in [6, 6.07) is 6.59. The van der Waals surface area contributed by atoms with Gasteiger partial charge in [-0.1, -0.05) is 6.07 Å². The van der Waals surface area contributed by atoms with Crippen LogP contribution in [0.5, 0.6) is 0 Å². The molecule has 1 aromatic rings. The van der Waals surface area contributed by atoms with E-state index >= 15 is 0 Å². The second kappa shape index (κ2) is 11.6. The van der Waals surface area contributed by atoms with Crippen LogP contribution < -0.4 is 74.2 Å². The van der Waals surface area contributed by atoms with Crippen molar-refractivity contribution in [3.05, 3.63) is 33.4 Å². The van der Waals surface area contributed by atoms with Crippen molar-refractivity contribution in [2.75, 3.05) is 6.54 Å². The van der Waals surface area contributed by atoms with E-state index in [1.807, 2.05) is 22.6 Å². The van der Waals surface area contributed by atoms with Crippen molar-refractivity contribution in [1.82, 2.24) is 5.32 Å². The maximum Gasteiger partial charge on any atom is 1.00 e. The largest absolute Gasteiger partial charge is 1.00 e. The normalized spacial score (nSPS) is 17.7. The molecule has 0 bridgehead atoms. The summed E-state index contributed by atoms with van der Waals surface area (Å²) < 4.78 is 22.8. The molecule has 0 aliphatic carbocycles. The number of nitrogens with one attached hydrogen (secondary N) is 1. The molecule has 1 aromatic carbocycles. The van der Waals surface area contributed by atoms with Gasteiger partial charge in [0, 0.05) is 15.7 Å². The first-order valence-electron chi connectivity index (χ1n) is 6.22. The van der Waals surface area contributed by atoms with Gasteiger partial charge in [0.15, 0.2) is 20.3 Å². The monoisotopic (exact) mass is 523 g/mol. The van der Waals surface area contributed by atoms with Crippen molar-refractivity contribution < 1.29 is 97.7 Å². The average Bonchev–Trinajstić information content (AvgIpc) is 2.40. The molecule has 0 aromatic heterocycles. The predicted molar refractivity (Wildman–Crippen MR) is 85.3 cm³/mol. The van der Waals surface area contributed by atoms with Crippen LogP contribution in [0.3, 0.4) is 0 Å². The quantitative estimate of drug-likeness (QED) is 0.118. The molecule has 130 valence electrons. The number of hydrogen-bond donors (Lipinski definition) is 4. The molecular weight excluding hydrogens is 509 g/mol. The van der Waals surface area contributed by atoms with Crippen molar-refractivity contribution in [3.63, 3.8) is 0 Å². The Hall–Kier alpha value is 1.68. The van der Waals surface area contributed by atoms with E-state index in [4.69, 9.17) is 9.79 Å². The van der Waals surface area contributed by atoms with Crippen molar-refractivity contribution in [2.45, 2.75) is 17.9 Å². The summed E-state index contributed by atoms with van der Waals surface area (Å²) in [5.41, 5.74) is 0.348. The molecule has 0 spiro atoms. The van der Waals surface area contributed by atoms with Gasteiger partial charge in [-0.05, 0) is 53.6 Å². The Morgan fingerprint density at radius 2 is 1.72 bits per heavy atom. The van der Waals surface area contributed by atoms with Crippen LogP contribution >= 0.6 is 37.8 Å². The third-order valence-electron chi connectivity index (χ3n) is 2.97. The molecule has 14 heteroatoms. The van der Waals surface area contributed by atoms with E-state index in [1.165, 1.54) is 0 Å². The summed E-state index contributed by atoms with van der Waals surface area (Å²) >= 11 is 2.01. The van der Waals surface area contributed by atoms with E-state index in [0.29, 0.717) is 5.56 Å². The maximum atomic E-state index is 11.8. The molecule has 4 N–H and O–H groups in total. The third-order valence-corrected chi connectivity index (χ3v) is 7.41. The SMILES string of the molecule is O=C(NCCCC(O)(P(=O)([O-])O)P(=O)([O-])O)c1cccc(I)c1.[Na+].[Na+]. The molecule has 2 unspecified atom stereocenters. The Morgan fingerprint density at radius 1 is 1.20 bits per heavy atom. The molecule has 0 aliphatic heterocycles. The number of aliphatic hydroxyl groups is 1. The number of amides is 1. The molecule has 0 aliphatic rings.